The van der Waals surface area contributed by atoms with Crippen LogP contribution in [0.3, 0.4) is 0 Å². The lowest BCUT2D eigenvalue weighted by atomic mass is 10.0. The number of aromatic nitrogens is 1. The van der Waals surface area contributed by atoms with Crippen molar-refractivity contribution < 1.29 is 4.74 Å². The van der Waals surface area contributed by atoms with Gasteiger partial charge in [0.05, 0.1) is 12.3 Å². The Morgan fingerprint density at radius 2 is 1.95 bits per heavy atom. The summed E-state index contributed by atoms with van der Waals surface area (Å²) in [6.07, 6.45) is 0. The lowest BCUT2D eigenvalue weighted by Gasteiger charge is -2.16. The first kappa shape index (κ1) is 16.5. The molecule has 22 heavy (non-hydrogen) atoms. The first-order valence-electron chi connectivity index (χ1n) is 7.52. The highest BCUT2D eigenvalue weighted by Crippen LogP contribution is 2.23. The Morgan fingerprint density at radius 1 is 1.18 bits per heavy atom. The highest BCUT2D eigenvalue weighted by molar-refractivity contribution is 5.64. The number of hydrogen-bond acceptors (Lipinski definition) is 3. The molecule has 0 bridgehead atoms. The highest BCUT2D eigenvalue weighted by Gasteiger charge is 2.12. The fraction of sp³-hybridized carbons (Fsp3) is 0.389. The number of hydrogen-bond donors (Lipinski definition) is 1. The minimum absolute atomic E-state index is 0.0453. The van der Waals surface area contributed by atoms with Gasteiger partial charge in [-0.3, -0.25) is 4.79 Å². The summed E-state index contributed by atoms with van der Waals surface area (Å²) in [7, 11) is 3.50. The molecular formula is C18H24N2O2. The summed E-state index contributed by atoms with van der Waals surface area (Å²) in [5.41, 5.74) is 5.25. The molecule has 118 valence electrons. The van der Waals surface area contributed by atoms with Crippen LogP contribution in [0.5, 0.6) is 0 Å². The third-order valence-electron chi connectivity index (χ3n) is 3.80. The first-order chi connectivity index (χ1) is 10.6. The van der Waals surface area contributed by atoms with Crippen molar-refractivity contribution in [2.45, 2.75) is 26.9 Å². The van der Waals surface area contributed by atoms with Gasteiger partial charge in [0, 0.05) is 31.3 Å². The third-order valence-corrected chi connectivity index (χ3v) is 3.80. The molecule has 0 atom stereocenters. The first-order valence-corrected chi connectivity index (χ1v) is 7.52. The lowest BCUT2D eigenvalue weighted by molar-refractivity contribution is 0.186. The summed E-state index contributed by atoms with van der Waals surface area (Å²) in [5.74, 6) is 0. The summed E-state index contributed by atoms with van der Waals surface area (Å²) in [4.78, 5) is 12.7. The van der Waals surface area contributed by atoms with Crippen molar-refractivity contribution in [3.05, 3.63) is 57.4 Å². The summed E-state index contributed by atoms with van der Waals surface area (Å²) in [6.45, 7) is 5.79. The summed E-state index contributed by atoms with van der Waals surface area (Å²) in [5, 5.41) is 3.04. The van der Waals surface area contributed by atoms with Gasteiger partial charge >= 0.3 is 0 Å². The van der Waals surface area contributed by atoms with Gasteiger partial charge in [0.2, 0.25) is 0 Å². The Labute approximate surface area is 131 Å². The maximum absolute atomic E-state index is 12.7. The quantitative estimate of drug-likeness (QED) is 0.891. The normalized spacial score (nSPS) is 10.9. The maximum Gasteiger partial charge on any atom is 0.255 e. The van der Waals surface area contributed by atoms with E-state index in [1.54, 1.807) is 7.11 Å². The van der Waals surface area contributed by atoms with E-state index in [4.69, 9.17) is 4.74 Å². The summed E-state index contributed by atoms with van der Waals surface area (Å²) < 4.78 is 6.98. The van der Waals surface area contributed by atoms with Crippen LogP contribution in [0.25, 0.3) is 11.3 Å². The van der Waals surface area contributed by atoms with Gasteiger partial charge in [-0.25, -0.2) is 0 Å². The number of pyridine rings is 1. The molecule has 0 saturated heterocycles. The summed E-state index contributed by atoms with van der Waals surface area (Å²) in [6, 6.07) is 10.2. The lowest BCUT2D eigenvalue weighted by Crippen LogP contribution is -2.28. The van der Waals surface area contributed by atoms with Crippen LogP contribution in [-0.4, -0.2) is 25.3 Å². The van der Waals surface area contributed by atoms with Crippen molar-refractivity contribution in [3.8, 4) is 11.3 Å². The van der Waals surface area contributed by atoms with Crippen molar-refractivity contribution in [1.29, 1.82) is 0 Å². The molecule has 0 spiro atoms. The van der Waals surface area contributed by atoms with Gasteiger partial charge in [0.15, 0.2) is 0 Å². The monoisotopic (exact) mass is 300 g/mol. The van der Waals surface area contributed by atoms with Gasteiger partial charge in [-0.1, -0.05) is 29.8 Å². The van der Waals surface area contributed by atoms with Crippen molar-refractivity contribution in [2.24, 2.45) is 0 Å². The molecule has 4 heteroatoms. The van der Waals surface area contributed by atoms with Crippen LogP contribution in [-0.2, 0) is 17.8 Å². The molecular weight excluding hydrogens is 276 g/mol. The van der Waals surface area contributed by atoms with Crippen LogP contribution < -0.4 is 10.9 Å². The van der Waals surface area contributed by atoms with Gasteiger partial charge in [0.25, 0.3) is 5.56 Å². The van der Waals surface area contributed by atoms with Crippen LogP contribution in [0.1, 0.15) is 16.7 Å². The molecule has 0 fully saturated rings. The molecule has 1 aromatic carbocycles. The van der Waals surface area contributed by atoms with Gasteiger partial charge < -0.3 is 14.6 Å². The smallest absolute Gasteiger partial charge is 0.255 e. The average molecular weight is 300 g/mol. The molecule has 0 aliphatic carbocycles. The van der Waals surface area contributed by atoms with Gasteiger partial charge in [-0.15, -0.1) is 0 Å². The SMILES string of the molecule is CNCc1ccc(-c2ccc(C)cc2C)n(CCOC)c1=O. The van der Waals surface area contributed by atoms with Crippen molar-refractivity contribution in [2.75, 3.05) is 20.8 Å². The van der Waals surface area contributed by atoms with E-state index in [0.29, 0.717) is 19.7 Å². The Kier molecular flexibility index (Phi) is 5.52. The molecule has 0 amide bonds. The second kappa shape index (κ2) is 7.38. The van der Waals surface area contributed by atoms with E-state index in [-0.39, 0.29) is 5.56 Å². The third kappa shape index (κ3) is 3.46. The number of methoxy groups -OCH3 is 1. The zero-order valence-corrected chi connectivity index (χ0v) is 13.8. The number of ether oxygens (including phenoxy) is 1. The van der Waals surface area contributed by atoms with E-state index in [2.05, 4.69) is 37.4 Å². The molecule has 4 nitrogen and oxygen atoms in total. The molecule has 0 aliphatic heterocycles. The number of nitrogens with one attached hydrogen (secondary N) is 1. The Morgan fingerprint density at radius 3 is 2.59 bits per heavy atom. The zero-order valence-electron chi connectivity index (χ0n) is 13.8. The van der Waals surface area contributed by atoms with Gasteiger partial charge in [-0.2, -0.15) is 0 Å². The molecule has 0 saturated carbocycles. The fourth-order valence-corrected chi connectivity index (χ4v) is 2.69. The Bertz CT molecular complexity index is 705. The van der Waals surface area contributed by atoms with Crippen molar-refractivity contribution >= 4 is 0 Å². The summed E-state index contributed by atoms with van der Waals surface area (Å²) >= 11 is 0. The van der Waals surface area contributed by atoms with E-state index in [1.165, 1.54) is 11.1 Å². The van der Waals surface area contributed by atoms with Crippen LogP contribution in [0.15, 0.2) is 35.1 Å². The Hall–Kier alpha value is -1.91. The minimum atomic E-state index is 0.0453. The van der Waals surface area contributed by atoms with E-state index < -0.39 is 0 Å². The molecule has 2 aromatic rings. The van der Waals surface area contributed by atoms with Crippen LogP contribution in [0.2, 0.25) is 0 Å². The highest BCUT2D eigenvalue weighted by atomic mass is 16.5. The van der Waals surface area contributed by atoms with E-state index in [0.717, 1.165) is 16.8 Å². The van der Waals surface area contributed by atoms with E-state index in [9.17, 15) is 4.79 Å². The standard InChI is InChI=1S/C18H24N2O2/c1-13-5-7-16(14(2)11-13)17-8-6-15(12-19-3)18(21)20(17)9-10-22-4/h5-8,11,19H,9-10,12H2,1-4H3. The van der Waals surface area contributed by atoms with Crippen LogP contribution in [0.4, 0.5) is 0 Å². The molecule has 0 unspecified atom stereocenters. The molecule has 2 rings (SSSR count). The second-order valence-electron chi connectivity index (χ2n) is 5.54. The largest absolute Gasteiger partial charge is 0.383 e. The van der Waals surface area contributed by atoms with Gasteiger partial charge in [0.1, 0.15) is 0 Å². The number of nitrogens with zero attached hydrogens (tertiary/aromatic N) is 1. The van der Waals surface area contributed by atoms with Gasteiger partial charge in [-0.05, 0) is 32.5 Å². The molecule has 0 aliphatic rings. The predicted molar refractivity (Wildman–Crippen MR) is 90.3 cm³/mol. The minimum Gasteiger partial charge on any atom is -0.383 e. The van der Waals surface area contributed by atoms with Crippen LogP contribution in [0, 0.1) is 13.8 Å². The van der Waals surface area contributed by atoms with Crippen LogP contribution >= 0.6 is 0 Å². The predicted octanol–water partition coefficient (Wildman–Crippen LogP) is 2.50. The second-order valence-corrected chi connectivity index (χ2v) is 5.54. The van der Waals surface area contributed by atoms with E-state index >= 15 is 0 Å². The number of benzene rings is 1. The topological polar surface area (TPSA) is 43.3 Å². The fourth-order valence-electron chi connectivity index (χ4n) is 2.69. The zero-order chi connectivity index (χ0) is 16.1. The Balaban J connectivity index is 2.58. The number of aryl methyl sites for hydroxylation is 2. The molecule has 1 heterocycles. The molecule has 1 N–H and O–H groups in total. The average Bonchev–Trinajstić information content (AvgIpc) is 2.49. The van der Waals surface area contributed by atoms with E-state index in [1.807, 2.05) is 23.7 Å². The maximum atomic E-state index is 12.7. The molecule has 1 aromatic heterocycles. The van der Waals surface area contributed by atoms with Crippen molar-refractivity contribution in [1.82, 2.24) is 9.88 Å². The number of rotatable bonds is 6. The molecule has 0 radical (unpaired) electrons. The van der Waals surface area contributed by atoms with Crippen molar-refractivity contribution in [3.63, 3.8) is 0 Å².